The second kappa shape index (κ2) is 8.20. The molecule has 1 amide bonds. The number of phenols is 1. The van der Waals surface area contributed by atoms with Crippen LogP contribution in [0.15, 0.2) is 47.4 Å². The average Bonchev–Trinajstić information content (AvgIpc) is 2.95. The summed E-state index contributed by atoms with van der Waals surface area (Å²) in [6, 6.07) is 11.2. The molecule has 0 aromatic heterocycles. The number of aromatic hydroxyl groups is 1. The van der Waals surface area contributed by atoms with Crippen LogP contribution in [0.25, 0.3) is 0 Å². The van der Waals surface area contributed by atoms with Crippen LogP contribution in [-0.2, 0) is 10.0 Å². The number of hydrogen-bond acceptors (Lipinski definition) is 5. The highest BCUT2D eigenvalue weighted by Gasteiger charge is 2.29. The van der Waals surface area contributed by atoms with E-state index in [2.05, 4.69) is 0 Å². The van der Waals surface area contributed by atoms with Crippen LogP contribution in [0.3, 0.4) is 0 Å². The third-order valence-electron chi connectivity index (χ3n) is 4.83. The van der Waals surface area contributed by atoms with Gasteiger partial charge in [-0.2, -0.15) is 4.31 Å². The highest BCUT2D eigenvalue weighted by molar-refractivity contribution is 7.89. The Morgan fingerprint density at radius 3 is 2.43 bits per heavy atom. The van der Waals surface area contributed by atoms with E-state index in [1.165, 1.54) is 23.5 Å². The molecule has 0 bridgehead atoms. The molecule has 2 aromatic carbocycles. The van der Waals surface area contributed by atoms with E-state index in [0.29, 0.717) is 25.3 Å². The maximum atomic E-state index is 12.9. The van der Waals surface area contributed by atoms with Gasteiger partial charge in [0.25, 0.3) is 5.91 Å². The molecule has 0 aliphatic carbocycles. The molecule has 1 aliphatic rings. The monoisotopic (exact) mass is 404 g/mol. The quantitative estimate of drug-likeness (QED) is 0.845. The van der Waals surface area contributed by atoms with Crippen molar-refractivity contribution in [3.05, 3.63) is 53.6 Å². The molecular weight excluding hydrogens is 380 g/mol. The van der Waals surface area contributed by atoms with Crippen LogP contribution in [0.1, 0.15) is 22.3 Å². The lowest BCUT2D eigenvalue weighted by Gasteiger charge is -2.22. The van der Waals surface area contributed by atoms with E-state index in [0.717, 1.165) is 5.56 Å². The summed E-state index contributed by atoms with van der Waals surface area (Å²) in [5, 5.41) is 10.0. The summed E-state index contributed by atoms with van der Waals surface area (Å²) in [6.45, 7) is 3.10. The fraction of sp³-hybridized carbons (Fsp3) is 0.350. The largest absolute Gasteiger partial charge is 0.507 e. The van der Waals surface area contributed by atoms with Gasteiger partial charge in [-0.05, 0) is 43.7 Å². The molecule has 1 heterocycles. The van der Waals surface area contributed by atoms with Gasteiger partial charge < -0.3 is 14.7 Å². The van der Waals surface area contributed by atoms with Crippen molar-refractivity contribution in [2.24, 2.45) is 0 Å². The predicted molar refractivity (Wildman–Crippen MR) is 105 cm³/mol. The van der Waals surface area contributed by atoms with E-state index in [1.807, 2.05) is 6.92 Å². The van der Waals surface area contributed by atoms with E-state index in [-0.39, 0.29) is 35.2 Å². The van der Waals surface area contributed by atoms with Gasteiger partial charge in [0.05, 0.1) is 17.6 Å². The highest BCUT2D eigenvalue weighted by Crippen LogP contribution is 2.25. The molecule has 0 atom stereocenters. The number of aryl methyl sites for hydroxylation is 1. The second-order valence-corrected chi connectivity index (χ2v) is 8.68. The number of phenolic OH excluding ortho intramolecular Hbond substituents is 1. The molecule has 1 fully saturated rings. The van der Waals surface area contributed by atoms with Gasteiger partial charge in [-0.1, -0.05) is 17.7 Å². The second-order valence-electron chi connectivity index (χ2n) is 6.75. The Bertz CT molecular complexity index is 957. The number of carbonyl (C=O) groups excluding carboxylic acids is 1. The van der Waals surface area contributed by atoms with Gasteiger partial charge in [0.2, 0.25) is 10.0 Å². The third kappa shape index (κ3) is 4.13. The number of ether oxygens (including phenoxy) is 1. The number of carbonyl (C=O) groups is 1. The van der Waals surface area contributed by atoms with Crippen molar-refractivity contribution in [3.8, 4) is 11.5 Å². The minimum Gasteiger partial charge on any atom is -0.507 e. The van der Waals surface area contributed by atoms with Gasteiger partial charge in [0, 0.05) is 26.2 Å². The number of amides is 1. The Hall–Kier alpha value is -2.58. The molecule has 0 unspecified atom stereocenters. The van der Waals surface area contributed by atoms with E-state index >= 15 is 0 Å². The smallest absolute Gasteiger partial charge is 0.257 e. The normalized spacial score (nSPS) is 15.9. The summed E-state index contributed by atoms with van der Waals surface area (Å²) >= 11 is 0. The first-order valence-electron chi connectivity index (χ1n) is 9.06. The van der Waals surface area contributed by atoms with Gasteiger partial charge in [0.1, 0.15) is 11.5 Å². The van der Waals surface area contributed by atoms with Gasteiger partial charge in [0.15, 0.2) is 0 Å². The van der Waals surface area contributed by atoms with Gasteiger partial charge in [-0.15, -0.1) is 0 Å². The lowest BCUT2D eigenvalue weighted by Crippen LogP contribution is -2.37. The summed E-state index contributed by atoms with van der Waals surface area (Å²) in [7, 11) is -2.12. The van der Waals surface area contributed by atoms with Crippen LogP contribution in [0.2, 0.25) is 0 Å². The van der Waals surface area contributed by atoms with E-state index in [1.54, 1.807) is 35.2 Å². The van der Waals surface area contributed by atoms with Crippen molar-refractivity contribution >= 4 is 15.9 Å². The Labute approximate surface area is 165 Å². The first-order chi connectivity index (χ1) is 13.3. The molecule has 3 rings (SSSR count). The maximum absolute atomic E-state index is 12.9. The van der Waals surface area contributed by atoms with Crippen LogP contribution < -0.4 is 4.74 Å². The van der Waals surface area contributed by atoms with Crippen molar-refractivity contribution < 1.29 is 23.1 Å². The zero-order valence-corrected chi connectivity index (χ0v) is 16.8. The molecule has 1 N–H and O–H groups in total. The van der Waals surface area contributed by atoms with Crippen LogP contribution in [0.4, 0.5) is 0 Å². The summed E-state index contributed by atoms with van der Waals surface area (Å²) in [6.07, 6.45) is 0.515. The lowest BCUT2D eigenvalue weighted by molar-refractivity contribution is 0.0761. The number of hydrogen-bond donors (Lipinski definition) is 1. The van der Waals surface area contributed by atoms with Crippen molar-refractivity contribution in [2.45, 2.75) is 18.2 Å². The topological polar surface area (TPSA) is 87.2 Å². The summed E-state index contributed by atoms with van der Waals surface area (Å²) in [5.74, 6) is 0.00436. The summed E-state index contributed by atoms with van der Waals surface area (Å²) in [5.41, 5.74) is 1.14. The first kappa shape index (κ1) is 20.2. The molecule has 1 aliphatic heterocycles. The van der Waals surface area contributed by atoms with Crippen LogP contribution in [0, 0.1) is 6.92 Å². The number of rotatable bonds is 4. The number of methoxy groups -OCH3 is 1. The number of benzene rings is 2. The zero-order chi connectivity index (χ0) is 20.3. The summed E-state index contributed by atoms with van der Waals surface area (Å²) < 4.78 is 32.3. The SMILES string of the molecule is COc1ccc(O)c(C(=O)N2CCCN(S(=O)(=O)c3ccc(C)cc3)CC2)c1. The van der Waals surface area contributed by atoms with E-state index in [9.17, 15) is 18.3 Å². The minimum atomic E-state index is -3.61. The van der Waals surface area contributed by atoms with Crippen LogP contribution in [0.5, 0.6) is 11.5 Å². The first-order valence-corrected chi connectivity index (χ1v) is 10.5. The minimum absolute atomic E-state index is 0.126. The van der Waals surface area contributed by atoms with Gasteiger partial charge in [-0.3, -0.25) is 4.79 Å². The molecule has 7 nitrogen and oxygen atoms in total. The Morgan fingerprint density at radius 2 is 1.75 bits per heavy atom. The molecule has 8 heteroatoms. The molecule has 1 saturated heterocycles. The summed E-state index contributed by atoms with van der Waals surface area (Å²) in [4.78, 5) is 14.7. The average molecular weight is 404 g/mol. The Morgan fingerprint density at radius 1 is 1.04 bits per heavy atom. The highest BCUT2D eigenvalue weighted by atomic mass is 32.2. The zero-order valence-electron chi connectivity index (χ0n) is 16.0. The number of nitrogens with zero attached hydrogens (tertiary/aromatic N) is 2. The van der Waals surface area contributed by atoms with E-state index in [4.69, 9.17) is 4.74 Å². The molecular formula is C20H24N2O5S. The van der Waals surface area contributed by atoms with Crippen molar-refractivity contribution in [1.29, 1.82) is 0 Å². The molecule has 0 spiro atoms. The van der Waals surface area contributed by atoms with Crippen molar-refractivity contribution in [2.75, 3.05) is 33.3 Å². The van der Waals surface area contributed by atoms with Crippen LogP contribution >= 0.6 is 0 Å². The van der Waals surface area contributed by atoms with Crippen molar-refractivity contribution in [1.82, 2.24) is 9.21 Å². The number of sulfonamides is 1. The lowest BCUT2D eigenvalue weighted by atomic mass is 10.1. The molecule has 2 aromatic rings. The third-order valence-corrected chi connectivity index (χ3v) is 6.75. The fourth-order valence-corrected chi connectivity index (χ4v) is 4.65. The molecule has 150 valence electrons. The Balaban J connectivity index is 1.76. The molecule has 28 heavy (non-hydrogen) atoms. The fourth-order valence-electron chi connectivity index (χ4n) is 3.18. The van der Waals surface area contributed by atoms with Gasteiger partial charge in [-0.25, -0.2) is 8.42 Å². The standard InChI is InChI=1S/C20H24N2O5S/c1-15-4-7-17(8-5-15)28(25,26)22-11-3-10-21(12-13-22)20(24)18-14-16(27-2)6-9-19(18)23/h4-9,14,23H,3,10-13H2,1-2H3. The molecule has 0 saturated carbocycles. The molecule has 0 radical (unpaired) electrons. The Kier molecular flexibility index (Phi) is 5.90. The van der Waals surface area contributed by atoms with E-state index < -0.39 is 10.0 Å². The maximum Gasteiger partial charge on any atom is 0.257 e. The van der Waals surface area contributed by atoms with Gasteiger partial charge >= 0.3 is 0 Å². The predicted octanol–water partition coefficient (Wildman–Crippen LogP) is 2.25. The van der Waals surface area contributed by atoms with Crippen molar-refractivity contribution in [3.63, 3.8) is 0 Å². The van der Waals surface area contributed by atoms with Crippen LogP contribution in [-0.4, -0.2) is 61.9 Å².